The summed E-state index contributed by atoms with van der Waals surface area (Å²) in [6.07, 6.45) is 4.88. The molecular weight excluding hydrogens is 378 g/mol. The Labute approximate surface area is 171 Å². The summed E-state index contributed by atoms with van der Waals surface area (Å²) >= 11 is 0. The van der Waals surface area contributed by atoms with Gasteiger partial charge in [0, 0.05) is 18.9 Å². The average molecular weight is 395 g/mol. The molecule has 7 heteroatoms. The van der Waals surface area contributed by atoms with Gasteiger partial charge < -0.3 is 9.88 Å². The molecule has 7 nitrogen and oxygen atoms in total. The Morgan fingerprint density at radius 1 is 1.00 bits per heavy atom. The van der Waals surface area contributed by atoms with E-state index in [9.17, 15) is 9.59 Å². The second kappa shape index (κ2) is 7.29. The molecule has 30 heavy (non-hydrogen) atoms. The number of carbonyl (C=O) groups excluding carboxylic acids is 1. The van der Waals surface area contributed by atoms with Crippen molar-refractivity contribution in [1.82, 2.24) is 18.9 Å². The molecule has 5 aromatic rings. The molecule has 0 spiro atoms. The molecule has 0 saturated heterocycles. The van der Waals surface area contributed by atoms with Gasteiger partial charge in [0.05, 0.1) is 17.3 Å². The van der Waals surface area contributed by atoms with Gasteiger partial charge in [-0.1, -0.05) is 36.4 Å². The molecule has 0 aliphatic rings. The number of amides is 1. The fourth-order valence-corrected chi connectivity index (χ4v) is 3.50. The number of pyridine rings is 2. The molecule has 5 rings (SSSR count). The minimum absolute atomic E-state index is 0.210. The largest absolute Gasteiger partial charge is 0.319 e. The van der Waals surface area contributed by atoms with E-state index in [2.05, 4.69) is 15.3 Å². The third-order valence-electron chi connectivity index (χ3n) is 4.91. The predicted octanol–water partition coefficient (Wildman–Crippen LogP) is 3.34. The highest BCUT2D eigenvalue weighted by Gasteiger charge is 2.20. The molecule has 0 aliphatic heterocycles. The normalized spacial score (nSPS) is 11.1. The first kappa shape index (κ1) is 17.8. The van der Waals surface area contributed by atoms with Crippen molar-refractivity contribution in [3.05, 3.63) is 107 Å². The molecule has 1 amide bonds. The Hall–Kier alpha value is -4.26. The number of nitrogens with zero attached hydrogens (tertiary/aromatic N) is 4. The van der Waals surface area contributed by atoms with E-state index < -0.39 is 0 Å². The summed E-state index contributed by atoms with van der Waals surface area (Å²) in [7, 11) is 0. The summed E-state index contributed by atoms with van der Waals surface area (Å²) in [5, 5.41) is 3.24. The number of carbonyl (C=O) groups is 1. The third kappa shape index (κ3) is 3.12. The second-order valence-corrected chi connectivity index (χ2v) is 6.88. The van der Waals surface area contributed by atoms with Crippen LogP contribution in [0, 0.1) is 0 Å². The van der Waals surface area contributed by atoms with E-state index in [0.29, 0.717) is 34.6 Å². The van der Waals surface area contributed by atoms with Gasteiger partial charge in [-0.2, -0.15) is 0 Å². The summed E-state index contributed by atoms with van der Waals surface area (Å²) in [6, 6.07) is 20.3. The lowest BCUT2D eigenvalue weighted by Gasteiger charge is -2.11. The van der Waals surface area contributed by atoms with Gasteiger partial charge in [-0.3, -0.25) is 19.0 Å². The monoisotopic (exact) mass is 395 g/mol. The molecule has 0 fully saturated rings. The summed E-state index contributed by atoms with van der Waals surface area (Å²) in [6.45, 7) is 0.412. The van der Waals surface area contributed by atoms with Crippen LogP contribution in [-0.4, -0.2) is 24.8 Å². The number of aromatic nitrogens is 4. The molecule has 146 valence electrons. The number of nitrogens with one attached hydrogen (secondary N) is 1. The van der Waals surface area contributed by atoms with Crippen molar-refractivity contribution in [2.24, 2.45) is 0 Å². The van der Waals surface area contributed by atoms with Gasteiger partial charge >= 0.3 is 0 Å². The van der Waals surface area contributed by atoms with E-state index in [1.807, 2.05) is 36.4 Å². The highest BCUT2D eigenvalue weighted by molar-refractivity contribution is 6.06. The molecule has 0 radical (unpaired) electrons. The van der Waals surface area contributed by atoms with Crippen LogP contribution in [0.4, 0.5) is 5.69 Å². The Kier molecular flexibility index (Phi) is 4.33. The fourth-order valence-electron chi connectivity index (χ4n) is 3.50. The maximum absolute atomic E-state index is 13.1. The van der Waals surface area contributed by atoms with Crippen molar-refractivity contribution in [2.45, 2.75) is 6.54 Å². The van der Waals surface area contributed by atoms with Crippen LogP contribution in [-0.2, 0) is 6.54 Å². The van der Waals surface area contributed by atoms with Gasteiger partial charge in [0.15, 0.2) is 0 Å². The molecule has 0 bridgehead atoms. The van der Waals surface area contributed by atoms with Crippen LogP contribution < -0.4 is 10.9 Å². The van der Waals surface area contributed by atoms with Crippen LogP contribution in [0.3, 0.4) is 0 Å². The minimum atomic E-state index is -0.328. The number of anilines is 1. The Morgan fingerprint density at radius 2 is 1.83 bits per heavy atom. The van der Waals surface area contributed by atoms with Crippen LogP contribution in [0.15, 0.2) is 90.1 Å². The average Bonchev–Trinajstić information content (AvgIpc) is 3.14. The van der Waals surface area contributed by atoms with Gasteiger partial charge in [0.25, 0.3) is 11.5 Å². The number of hydrogen-bond acceptors (Lipinski definition) is 4. The molecule has 0 atom stereocenters. The SMILES string of the molecule is O=C(Nc1cccnc1)c1cc2c(=O)n3ccccc3nc2n1Cc1ccccc1. The molecule has 4 heterocycles. The lowest BCUT2D eigenvalue weighted by molar-refractivity contribution is 0.101. The predicted molar refractivity (Wildman–Crippen MR) is 115 cm³/mol. The minimum Gasteiger partial charge on any atom is -0.319 e. The fraction of sp³-hybridized carbons (Fsp3) is 0.0435. The van der Waals surface area contributed by atoms with E-state index in [1.165, 1.54) is 4.40 Å². The first-order valence-electron chi connectivity index (χ1n) is 9.46. The van der Waals surface area contributed by atoms with Crippen molar-refractivity contribution in [3.8, 4) is 0 Å². The van der Waals surface area contributed by atoms with Gasteiger partial charge in [-0.25, -0.2) is 4.98 Å². The lowest BCUT2D eigenvalue weighted by atomic mass is 10.2. The Bertz CT molecular complexity index is 1420. The van der Waals surface area contributed by atoms with Crippen LogP contribution in [0.1, 0.15) is 16.1 Å². The molecule has 1 aromatic carbocycles. The Morgan fingerprint density at radius 3 is 2.63 bits per heavy atom. The number of benzene rings is 1. The molecule has 0 aliphatic carbocycles. The number of hydrogen-bond donors (Lipinski definition) is 1. The third-order valence-corrected chi connectivity index (χ3v) is 4.91. The van der Waals surface area contributed by atoms with Crippen molar-refractivity contribution in [3.63, 3.8) is 0 Å². The van der Waals surface area contributed by atoms with E-state index in [0.717, 1.165) is 5.56 Å². The summed E-state index contributed by atoms with van der Waals surface area (Å²) < 4.78 is 3.27. The van der Waals surface area contributed by atoms with Gasteiger partial charge in [-0.15, -0.1) is 0 Å². The smallest absolute Gasteiger partial charge is 0.272 e. The first-order chi connectivity index (χ1) is 14.7. The zero-order valence-electron chi connectivity index (χ0n) is 15.9. The number of fused-ring (bicyclic) bond motifs is 2. The van der Waals surface area contributed by atoms with Gasteiger partial charge in [-0.05, 0) is 35.9 Å². The standard InChI is InChI=1S/C23H17N5O2/c29-22(25-17-9-6-11-24-14-17)19-13-18-21(28(19)15-16-7-2-1-3-8-16)26-20-10-4-5-12-27(20)23(18)30/h1-14H,15H2,(H,25,29). The summed E-state index contributed by atoms with van der Waals surface area (Å²) in [4.78, 5) is 34.9. The second-order valence-electron chi connectivity index (χ2n) is 6.88. The van der Waals surface area contributed by atoms with Crippen molar-refractivity contribution in [2.75, 3.05) is 5.32 Å². The van der Waals surface area contributed by atoms with Crippen LogP contribution in [0.5, 0.6) is 0 Å². The first-order valence-corrected chi connectivity index (χ1v) is 9.46. The zero-order valence-corrected chi connectivity index (χ0v) is 15.9. The molecule has 4 aromatic heterocycles. The van der Waals surface area contributed by atoms with Crippen LogP contribution >= 0.6 is 0 Å². The quantitative estimate of drug-likeness (QED) is 0.506. The lowest BCUT2D eigenvalue weighted by Crippen LogP contribution is -2.18. The van der Waals surface area contributed by atoms with E-state index in [1.54, 1.807) is 53.5 Å². The molecule has 1 N–H and O–H groups in total. The van der Waals surface area contributed by atoms with Gasteiger partial charge in [0.1, 0.15) is 17.0 Å². The topological polar surface area (TPSA) is 81.3 Å². The van der Waals surface area contributed by atoms with E-state index in [-0.39, 0.29) is 11.5 Å². The highest BCUT2D eigenvalue weighted by Crippen LogP contribution is 2.20. The summed E-state index contributed by atoms with van der Waals surface area (Å²) in [5.74, 6) is -0.328. The Balaban J connectivity index is 1.70. The maximum Gasteiger partial charge on any atom is 0.272 e. The van der Waals surface area contributed by atoms with Crippen molar-refractivity contribution < 1.29 is 4.79 Å². The summed E-state index contributed by atoms with van der Waals surface area (Å²) in [5.41, 5.74) is 2.73. The molecule has 0 unspecified atom stereocenters. The molecule has 0 saturated carbocycles. The van der Waals surface area contributed by atoms with Gasteiger partial charge in [0.2, 0.25) is 0 Å². The number of rotatable bonds is 4. The highest BCUT2D eigenvalue weighted by atomic mass is 16.2. The van der Waals surface area contributed by atoms with Crippen molar-refractivity contribution >= 4 is 28.3 Å². The van der Waals surface area contributed by atoms with Crippen molar-refractivity contribution in [1.29, 1.82) is 0 Å². The van der Waals surface area contributed by atoms with Crippen LogP contribution in [0.25, 0.3) is 16.7 Å². The molecular formula is C23H17N5O2. The van der Waals surface area contributed by atoms with E-state index >= 15 is 0 Å². The van der Waals surface area contributed by atoms with E-state index in [4.69, 9.17) is 0 Å². The zero-order chi connectivity index (χ0) is 20.5. The van der Waals surface area contributed by atoms with Crippen LogP contribution in [0.2, 0.25) is 0 Å². The maximum atomic E-state index is 13.1.